The summed E-state index contributed by atoms with van der Waals surface area (Å²) >= 11 is 7.71. The molecule has 0 radical (unpaired) electrons. The Morgan fingerprint density at radius 3 is 2.50 bits per heavy atom. The van der Waals surface area contributed by atoms with E-state index in [1.807, 2.05) is 36.4 Å². The Hall–Kier alpha value is -4.46. The lowest BCUT2D eigenvalue weighted by Crippen LogP contribution is -2.26. The number of aromatic nitrogens is 1. The van der Waals surface area contributed by atoms with Crippen molar-refractivity contribution in [1.29, 1.82) is 0 Å². The maximum Gasteiger partial charge on any atom is 0.307 e. The van der Waals surface area contributed by atoms with Crippen LogP contribution in [-0.2, 0) is 16.0 Å². The van der Waals surface area contributed by atoms with Gasteiger partial charge in [0.2, 0.25) is 0 Å². The molecule has 2 N–H and O–H groups in total. The van der Waals surface area contributed by atoms with E-state index in [4.69, 9.17) is 16.6 Å². The normalized spacial score (nSPS) is 12.2. The summed E-state index contributed by atoms with van der Waals surface area (Å²) in [5.74, 6) is -0.606. The van der Waals surface area contributed by atoms with Crippen LogP contribution < -0.4 is 10.6 Å². The quantitative estimate of drug-likeness (QED) is 0.169. The molecule has 1 heterocycles. The molecule has 6 rings (SSSR count). The number of amides is 1. The van der Waals surface area contributed by atoms with Crippen LogP contribution in [-0.4, -0.2) is 30.5 Å². The van der Waals surface area contributed by atoms with Gasteiger partial charge in [-0.25, -0.2) is 4.98 Å². The van der Waals surface area contributed by atoms with Crippen LogP contribution in [0.3, 0.4) is 0 Å². The smallest absolute Gasteiger partial charge is 0.307 e. The van der Waals surface area contributed by atoms with Gasteiger partial charge in [-0.1, -0.05) is 66.2 Å². The van der Waals surface area contributed by atoms with Gasteiger partial charge in [0.1, 0.15) is 11.0 Å². The molecule has 5 aromatic rings. The van der Waals surface area contributed by atoms with Crippen LogP contribution in [0.2, 0.25) is 5.02 Å². The molecule has 0 aliphatic heterocycles. The number of esters is 1. The maximum atomic E-state index is 12.6. The highest BCUT2D eigenvalue weighted by atomic mass is 35.5. The molecule has 0 saturated carbocycles. The number of ether oxygens (including phenoxy) is 1. The number of carbonyl (C=O) groups excluding carboxylic acids is 2. The summed E-state index contributed by atoms with van der Waals surface area (Å²) in [6.07, 6.45) is 1.03. The van der Waals surface area contributed by atoms with Gasteiger partial charge >= 0.3 is 5.97 Å². The van der Waals surface area contributed by atoms with Crippen molar-refractivity contribution in [3.8, 4) is 22.4 Å². The van der Waals surface area contributed by atoms with Crippen molar-refractivity contribution >= 4 is 40.5 Å². The lowest BCUT2D eigenvalue weighted by molar-refractivity contribution is -0.140. The summed E-state index contributed by atoms with van der Waals surface area (Å²) < 4.78 is 4.63. The Bertz CT molecular complexity index is 1750. The molecule has 210 valence electrons. The van der Waals surface area contributed by atoms with Crippen LogP contribution in [0.1, 0.15) is 44.5 Å². The maximum absolute atomic E-state index is 12.6. The van der Waals surface area contributed by atoms with Gasteiger partial charge in [-0.3, -0.25) is 9.59 Å². The molecule has 4 aromatic carbocycles. The summed E-state index contributed by atoms with van der Waals surface area (Å²) in [6.45, 7) is 0.218. The first-order chi connectivity index (χ1) is 20.5. The van der Waals surface area contributed by atoms with Crippen molar-refractivity contribution in [2.45, 2.75) is 18.9 Å². The van der Waals surface area contributed by atoms with Crippen molar-refractivity contribution in [3.63, 3.8) is 0 Å². The monoisotopic (exact) mass is 593 g/mol. The largest absolute Gasteiger partial charge is 0.469 e. The molecule has 1 amide bonds. The second kappa shape index (κ2) is 12.2. The molecule has 0 saturated heterocycles. The zero-order valence-corrected chi connectivity index (χ0v) is 24.5. The number of nitrogens with one attached hydrogen (secondary N) is 2. The van der Waals surface area contributed by atoms with Crippen LogP contribution in [0.4, 0.5) is 5.69 Å². The molecule has 42 heavy (non-hydrogen) atoms. The topological polar surface area (TPSA) is 80.3 Å². The molecule has 1 unspecified atom stereocenters. The molecule has 0 bridgehead atoms. The van der Waals surface area contributed by atoms with Gasteiger partial charge in [-0.15, -0.1) is 11.3 Å². The third kappa shape index (κ3) is 5.93. The molecular formula is C34H28ClN3O3S. The lowest BCUT2D eigenvalue weighted by atomic mass is 9.99. The average molecular weight is 594 g/mol. The molecule has 1 atom stereocenters. The third-order valence-corrected chi connectivity index (χ3v) is 8.52. The first-order valence-electron chi connectivity index (χ1n) is 13.6. The number of hydrogen-bond donors (Lipinski definition) is 2. The van der Waals surface area contributed by atoms with E-state index in [1.54, 1.807) is 23.5 Å². The highest BCUT2D eigenvalue weighted by Crippen LogP contribution is 2.39. The predicted molar refractivity (Wildman–Crippen MR) is 168 cm³/mol. The van der Waals surface area contributed by atoms with Gasteiger partial charge in [0, 0.05) is 33.8 Å². The van der Waals surface area contributed by atoms with Gasteiger partial charge in [-0.2, -0.15) is 0 Å². The molecule has 1 aliphatic carbocycles. The second-order valence-electron chi connectivity index (χ2n) is 10.1. The van der Waals surface area contributed by atoms with Crippen molar-refractivity contribution in [3.05, 3.63) is 129 Å². The number of hydrogen-bond acceptors (Lipinski definition) is 6. The number of fused-ring (bicyclic) bond motifs is 3. The van der Waals surface area contributed by atoms with Crippen LogP contribution in [0.25, 0.3) is 22.4 Å². The zero-order valence-electron chi connectivity index (χ0n) is 22.9. The molecule has 8 heteroatoms. The number of methoxy groups -OCH3 is 1. The first kappa shape index (κ1) is 27.7. The van der Waals surface area contributed by atoms with E-state index in [2.05, 4.69) is 63.2 Å². The first-order valence-corrected chi connectivity index (χ1v) is 14.9. The average Bonchev–Trinajstić information content (AvgIpc) is 3.65. The van der Waals surface area contributed by atoms with E-state index in [0.29, 0.717) is 10.6 Å². The van der Waals surface area contributed by atoms with Crippen LogP contribution in [0.15, 0.2) is 96.4 Å². The third-order valence-electron chi connectivity index (χ3n) is 7.36. The minimum atomic E-state index is -0.363. The predicted octanol–water partition coefficient (Wildman–Crippen LogP) is 7.53. The Labute approximate surface area is 253 Å². The minimum Gasteiger partial charge on any atom is -0.469 e. The summed E-state index contributed by atoms with van der Waals surface area (Å²) in [5, 5.41) is 10.1. The van der Waals surface area contributed by atoms with E-state index >= 15 is 0 Å². The fraction of sp³-hybridized carbons (Fsp3) is 0.147. The molecule has 0 spiro atoms. The summed E-state index contributed by atoms with van der Waals surface area (Å²) in [7, 11) is 1.33. The van der Waals surface area contributed by atoms with Crippen molar-refractivity contribution in [1.82, 2.24) is 10.3 Å². The summed E-state index contributed by atoms with van der Waals surface area (Å²) in [4.78, 5) is 28.9. The second-order valence-corrected chi connectivity index (χ2v) is 11.4. The van der Waals surface area contributed by atoms with Crippen molar-refractivity contribution in [2.75, 3.05) is 19.0 Å². The number of nitrogens with zero attached hydrogens (tertiary/aromatic N) is 1. The fourth-order valence-electron chi connectivity index (χ4n) is 5.17. The Kier molecular flexibility index (Phi) is 8.04. The van der Waals surface area contributed by atoms with Crippen molar-refractivity contribution < 1.29 is 14.3 Å². The Balaban J connectivity index is 1.27. The Morgan fingerprint density at radius 1 is 0.952 bits per heavy atom. The van der Waals surface area contributed by atoms with E-state index < -0.39 is 0 Å². The van der Waals surface area contributed by atoms with E-state index in [0.717, 1.165) is 33.9 Å². The standard InChI is InChI=1S/C34H28ClN3O3S/c1-41-31(39)16-17-36-33(40)22-8-13-27(14-9-22)37-32(34-38-30(20-42-34)21-6-11-26(35)12-7-21)24-10-15-29-25(19-24)18-23-4-2-3-5-28(23)29/h2-15,19-20,32,37H,16-18H2,1H3,(H,36,40). The van der Waals surface area contributed by atoms with Crippen LogP contribution >= 0.6 is 22.9 Å². The van der Waals surface area contributed by atoms with E-state index in [-0.39, 0.29) is 30.9 Å². The van der Waals surface area contributed by atoms with Crippen LogP contribution in [0.5, 0.6) is 0 Å². The number of rotatable bonds is 9. The Morgan fingerprint density at radius 2 is 1.71 bits per heavy atom. The zero-order chi connectivity index (χ0) is 29.1. The molecular weight excluding hydrogens is 566 g/mol. The molecule has 1 aromatic heterocycles. The highest BCUT2D eigenvalue weighted by molar-refractivity contribution is 7.10. The van der Waals surface area contributed by atoms with Crippen LogP contribution in [0, 0.1) is 0 Å². The van der Waals surface area contributed by atoms with Gasteiger partial charge in [-0.05, 0) is 70.6 Å². The lowest BCUT2D eigenvalue weighted by Gasteiger charge is -2.20. The summed E-state index contributed by atoms with van der Waals surface area (Å²) in [5.41, 5.74) is 9.60. The molecule has 1 aliphatic rings. The summed E-state index contributed by atoms with van der Waals surface area (Å²) in [6, 6.07) is 30.0. The van der Waals surface area contributed by atoms with Crippen molar-refractivity contribution in [2.24, 2.45) is 0 Å². The van der Waals surface area contributed by atoms with Gasteiger partial charge in [0.15, 0.2) is 0 Å². The minimum absolute atomic E-state index is 0.126. The van der Waals surface area contributed by atoms with Gasteiger partial charge < -0.3 is 15.4 Å². The van der Waals surface area contributed by atoms with Gasteiger partial charge in [0.25, 0.3) is 5.91 Å². The fourth-order valence-corrected chi connectivity index (χ4v) is 6.20. The number of thiazole rings is 1. The highest BCUT2D eigenvalue weighted by Gasteiger charge is 2.23. The number of halogens is 1. The number of benzene rings is 4. The number of anilines is 1. The van der Waals surface area contributed by atoms with E-state index in [1.165, 1.54) is 29.4 Å². The molecule has 0 fully saturated rings. The SMILES string of the molecule is COC(=O)CCNC(=O)c1ccc(NC(c2ccc3c(c2)Cc2ccccc2-3)c2nc(-c3ccc(Cl)cc3)cs2)cc1. The number of carbonyl (C=O) groups is 2. The van der Waals surface area contributed by atoms with Gasteiger partial charge in [0.05, 0.1) is 19.2 Å². The molecule has 6 nitrogen and oxygen atoms in total. The van der Waals surface area contributed by atoms with E-state index in [9.17, 15) is 9.59 Å².